The molecule has 0 saturated carbocycles. The third kappa shape index (κ3) is 4.17. The number of hydrogen-bond acceptors (Lipinski definition) is 6. The van der Waals surface area contributed by atoms with Crippen LogP contribution in [0.4, 0.5) is 0 Å². The molecular formula is C16H18N2O5S. The van der Waals surface area contributed by atoms with Gasteiger partial charge in [-0.2, -0.15) is 13.5 Å². The van der Waals surface area contributed by atoms with E-state index < -0.39 is 10.0 Å². The zero-order valence-electron chi connectivity index (χ0n) is 13.3. The minimum absolute atomic E-state index is 0.0488. The van der Waals surface area contributed by atoms with Crippen molar-refractivity contribution < 1.29 is 23.0 Å². The number of phenols is 1. The van der Waals surface area contributed by atoms with Crippen LogP contribution in [0.2, 0.25) is 0 Å². The second-order valence-electron chi connectivity index (χ2n) is 4.66. The summed E-state index contributed by atoms with van der Waals surface area (Å²) in [7, 11) is -2.31. The van der Waals surface area contributed by atoms with Crippen LogP contribution in [0.25, 0.3) is 0 Å². The predicted octanol–water partition coefficient (Wildman–Crippen LogP) is 2.11. The average Bonchev–Trinajstić information content (AvgIpc) is 2.58. The van der Waals surface area contributed by atoms with Crippen molar-refractivity contribution in [2.24, 2.45) is 5.10 Å². The Morgan fingerprint density at radius 1 is 1.21 bits per heavy atom. The Hall–Kier alpha value is -2.74. The highest BCUT2D eigenvalue weighted by Crippen LogP contribution is 2.28. The molecule has 24 heavy (non-hydrogen) atoms. The Morgan fingerprint density at radius 3 is 2.54 bits per heavy atom. The lowest BCUT2D eigenvalue weighted by Gasteiger charge is -2.07. The Kier molecular flexibility index (Phi) is 5.64. The van der Waals surface area contributed by atoms with Gasteiger partial charge in [-0.1, -0.05) is 6.07 Å². The highest BCUT2D eigenvalue weighted by Gasteiger charge is 2.13. The van der Waals surface area contributed by atoms with Crippen LogP contribution in [-0.4, -0.2) is 33.5 Å². The molecule has 128 valence electrons. The van der Waals surface area contributed by atoms with Gasteiger partial charge in [0, 0.05) is 5.56 Å². The number of hydrogen-bond donors (Lipinski definition) is 2. The maximum absolute atomic E-state index is 12.1. The lowest BCUT2D eigenvalue weighted by molar-refractivity contribution is 0.318. The lowest BCUT2D eigenvalue weighted by Crippen LogP contribution is -2.18. The molecule has 0 radical (unpaired) electrons. The summed E-state index contributed by atoms with van der Waals surface area (Å²) >= 11 is 0. The van der Waals surface area contributed by atoms with Crippen molar-refractivity contribution in [2.75, 3.05) is 13.7 Å². The van der Waals surface area contributed by atoms with Gasteiger partial charge in [0.2, 0.25) is 0 Å². The monoisotopic (exact) mass is 350 g/mol. The number of rotatable bonds is 7. The van der Waals surface area contributed by atoms with E-state index in [0.717, 1.165) is 0 Å². The van der Waals surface area contributed by atoms with Crippen LogP contribution in [0.5, 0.6) is 17.2 Å². The molecule has 2 N–H and O–H groups in total. The van der Waals surface area contributed by atoms with E-state index in [1.807, 2.05) is 0 Å². The van der Waals surface area contributed by atoms with Gasteiger partial charge in [-0.05, 0) is 43.3 Å². The number of phenolic OH excluding ortho intramolecular Hbond substituents is 1. The van der Waals surface area contributed by atoms with Crippen molar-refractivity contribution in [2.45, 2.75) is 11.8 Å². The van der Waals surface area contributed by atoms with Gasteiger partial charge in [0.25, 0.3) is 10.0 Å². The van der Waals surface area contributed by atoms with Crippen LogP contribution in [0.3, 0.4) is 0 Å². The summed E-state index contributed by atoms with van der Waals surface area (Å²) in [5.74, 6) is 0.751. The zero-order chi connectivity index (χ0) is 17.6. The molecule has 7 nitrogen and oxygen atoms in total. The Balaban J connectivity index is 2.14. The molecule has 0 amide bonds. The van der Waals surface area contributed by atoms with Crippen molar-refractivity contribution in [3.05, 3.63) is 48.0 Å². The fraction of sp³-hybridized carbons (Fsp3) is 0.188. The van der Waals surface area contributed by atoms with Crippen molar-refractivity contribution in [3.63, 3.8) is 0 Å². The van der Waals surface area contributed by atoms with Crippen LogP contribution in [0.15, 0.2) is 52.5 Å². The normalized spacial score (nSPS) is 11.4. The SMILES string of the molecule is CCOc1cccc(C=NNS(=O)(=O)c2ccc(OC)cc2)c1O. The van der Waals surface area contributed by atoms with Crippen molar-refractivity contribution in [1.29, 1.82) is 0 Å². The van der Waals surface area contributed by atoms with E-state index in [-0.39, 0.29) is 10.6 Å². The summed E-state index contributed by atoms with van der Waals surface area (Å²) in [6, 6.07) is 10.8. The van der Waals surface area contributed by atoms with E-state index in [1.54, 1.807) is 25.1 Å². The maximum Gasteiger partial charge on any atom is 0.276 e. The number of ether oxygens (including phenoxy) is 2. The molecule has 8 heteroatoms. The van der Waals surface area contributed by atoms with Gasteiger partial charge in [0.1, 0.15) is 5.75 Å². The second kappa shape index (κ2) is 7.69. The number of nitrogens with zero attached hydrogens (tertiary/aromatic N) is 1. The average molecular weight is 350 g/mol. The van der Waals surface area contributed by atoms with Crippen LogP contribution in [-0.2, 0) is 10.0 Å². The van der Waals surface area contributed by atoms with E-state index >= 15 is 0 Å². The summed E-state index contributed by atoms with van der Waals surface area (Å²) in [6.07, 6.45) is 1.21. The number of para-hydroxylation sites is 1. The van der Waals surface area contributed by atoms with Crippen molar-refractivity contribution >= 4 is 16.2 Å². The van der Waals surface area contributed by atoms with Crippen molar-refractivity contribution in [1.82, 2.24) is 4.83 Å². The molecule has 0 aliphatic heterocycles. The summed E-state index contributed by atoms with van der Waals surface area (Å²) in [5, 5.41) is 13.7. The van der Waals surface area contributed by atoms with Crippen LogP contribution in [0, 0.1) is 0 Å². The Labute approximate surface area is 140 Å². The molecule has 0 fully saturated rings. The Bertz CT molecular complexity index is 817. The van der Waals surface area contributed by atoms with E-state index in [9.17, 15) is 13.5 Å². The fourth-order valence-electron chi connectivity index (χ4n) is 1.89. The van der Waals surface area contributed by atoms with E-state index in [2.05, 4.69) is 9.93 Å². The van der Waals surface area contributed by atoms with Gasteiger partial charge in [-0.15, -0.1) is 0 Å². The standard InChI is InChI=1S/C16H18N2O5S/c1-3-23-15-6-4-5-12(16(15)19)11-17-18-24(20,21)14-9-7-13(22-2)8-10-14/h4-11,18-19H,3H2,1-2H3. The summed E-state index contributed by atoms with van der Waals surface area (Å²) in [6.45, 7) is 2.20. The maximum atomic E-state index is 12.1. The van der Waals surface area contributed by atoms with Gasteiger partial charge in [-0.25, -0.2) is 4.83 Å². The van der Waals surface area contributed by atoms with Gasteiger partial charge in [0.15, 0.2) is 11.5 Å². The van der Waals surface area contributed by atoms with Crippen LogP contribution >= 0.6 is 0 Å². The minimum atomic E-state index is -3.80. The molecule has 2 aromatic carbocycles. The van der Waals surface area contributed by atoms with E-state index in [1.165, 1.54) is 37.6 Å². The molecule has 0 bridgehead atoms. The first-order chi connectivity index (χ1) is 11.5. The number of aromatic hydroxyl groups is 1. The second-order valence-corrected chi connectivity index (χ2v) is 6.32. The van der Waals surface area contributed by atoms with Gasteiger partial charge >= 0.3 is 0 Å². The third-order valence-electron chi connectivity index (χ3n) is 3.08. The first kappa shape index (κ1) is 17.6. The molecule has 0 spiro atoms. The molecule has 0 unspecified atom stereocenters. The largest absolute Gasteiger partial charge is 0.504 e. The third-order valence-corrected chi connectivity index (χ3v) is 4.31. The quantitative estimate of drug-likeness (QED) is 0.589. The number of nitrogens with one attached hydrogen (secondary N) is 1. The van der Waals surface area contributed by atoms with Crippen molar-refractivity contribution in [3.8, 4) is 17.2 Å². The van der Waals surface area contributed by atoms with Gasteiger partial charge in [0.05, 0.1) is 24.8 Å². The molecule has 0 heterocycles. The van der Waals surface area contributed by atoms with Crippen LogP contribution in [0.1, 0.15) is 12.5 Å². The molecule has 0 saturated heterocycles. The van der Waals surface area contributed by atoms with Crippen LogP contribution < -0.4 is 14.3 Å². The number of benzene rings is 2. The first-order valence-electron chi connectivity index (χ1n) is 7.11. The smallest absolute Gasteiger partial charge is 0.276 e. The number of sulfonamides is 1. The zero-order valence-corrected chi connectivity index (χ0v) is 14.1. The first-order valence-corrected chi connectivity index (χ1v) is 8.60. The van der Waals surface area contributed by atoms with Gasteiger partial charge < -0.3 is 14.6 Å². The molecule has 0 aliphatic carbocycles. The lowest BCUT2D eigenvalue weighted by atomic mass is 10.2. The molecular weight excluding hydrogens is 332 g/mol. The van der Waals surface area contributed by atoms with Gasteiger partial charge in [-0.3, -0.25) is 0 Å². The summed E-state index contributed by atoms with van der Waals surface area (Å²) in [5.41, 5.74) is 0.332. The highest BCUT2D eigenvalue weighted by atomic mass is 32.2. The van der Waals surface area contributed by atoms with E-state index in [0.29, 0.717) is 23.7 Å². The molecule has 2 rings (SSSR count). The minimum Gasteiger partial charge on any atom is -0.504 e. The molecule has 2 aromatic rings. The fourth-order valence-corrected chi connectivity index (χ4v) is 2.68. The molecule has 0 aliphatic rings. The predicted molar refractivity (Wildman–Crippen MR) is 90.2 cm³/mol. The summed E-state index contributed by atoms with van der Waals surface area (Å²) in [4.78, 5) is 2.14. The molecule has 0 aromatic heterocycles. The molecule has 0 atom stereocenters. The topological polar surface area (TPSA) is 97.2 Å². The van der Waals surface area contributed by atoms with E-state index in [4.69, 9.17) is 9.47 Å². The number of hydrazone groups is 1. The highest BCUT2D eigenvalue weighted by molar-refractivity contribution is 7.89. The summed E-state index contributed by atoms with van der Waals surface area (Å²) < 4.78 is 34.5. The number of methoxy groups -OCH3 is 1. The Morgan fingerprint density at radius 2 is 1.92 bits per heavy atom.